The van der Waals surface area contributed by atoms with E-state index in [0.717, 1.165) is 16.6 Å². The van der Waals surface area contributed by atoms with Gasteiger partial charge in [-0.05, 0) is 24.6 Å². The minimum atomic E-state index is -0.395. The second-order valence-electron chi connectivity index (χ2n) is 4.61. The van der Waals surface area contributed by atoms with Gasteiger partial charge in [-0.3, -0.25) is 9.78 Å². The van der Waals surface area contributed by atoms with Crippen molar-refractivity contribution in [3.05, 3.63) is 53.5 Å². The maximum absolute atomic E-state index is 12.0. The molecule has 6 nitrogen and oxygen atoms in total. The molecule has 21 heavy (non-hydrogen) atoms. The molecule has 3 rings (SSSR count). The summed E-state index contributed by atoms with van der Waals surface area (Å²) in [7, 11) is 0. The second kappa shape index (κ2) is 5.34. The Balaban J connectivity index is 2.07. The lowest BCUT2D eigenvalue weighted by atomic mass is 10.1. The number of aromatic nitrogens is 2. The fraction of sp³-hybridized carbons (Fsp3) is 0.133. The molecule has 0 aliphatic carbocycles. The molecule has 2 heterocycles. The second-order valence-corrected chi connectivity index (χ2v) is 4.61. The van der Waals surface area contributed by atoms with E-state index < -0.39 is 5.91 Å². The zero-order valence-electron chi connectivity index (χ0n) is 11.3. The van der Waals surface area contributed by atoms with Crippen molar-refractivity contribution >= 4 is 22.5 Å². The predicted octanol–water partition coefficient (Wildman–Crippen LogP) is 2.28. The third-order valence-electron chi connectivity index (χ3n) is 3.13. The molecule has 0 bridgehead atoms. The Kier molecular flexibility index (Phi) is 3.37. The van der Waals surface area contributed by atoms with Crippen LogP contribution in [0.2, 0.25) is 0 Å². The highest BCUT2D eigenvalue weighted by Crippen LogP contribution is 2.25. The lowest BCUT2D eigenvalue weighted by molar-refractivity contribution is 0.0988. The van der Waals surface area contributed by atoms with E-state index >= 15 is 0 Å². The van der Waals surface area contributed by atoms with Gasteiger partial charge in [0.2, 0.25) is 5.76 Å². The van der Waals surface area contributed by atoms with E-state index in [9.17, 15) is 9.90 Å². The number of aliphatic hydroxyl groups is 1. The lowest BCUT2D eigenvalue weighted by Crippen LogP contribution is -2.11. The normalized spacial score (nSPS) is 10.8. The molecule has 1 amide bonds. The number of hydrogen-bond donors (Lipinski definition) is 2. The Morgan fingerprint density at radius 2 is 2.24 bits per heavy atom. The standard InChI is InChI=1S/C15H13N3O3/c1-9-7-10(8-19)11-3-2-4-12(14(11)17-9)18-15(20)13-5-6-16-21-13/h2-7,19H,8H2,1H3,(H,18,20). The molecule has 0 aliphatic rings. The van der Waals surface area contributed by atoms with Gasteiger partial charge in [0.1, 0.15) is 0 Å². The van der Waals surface area contributed by atoms with Crippen molar-refractivity contribution in [1.82, 2.24) is 10.1 Å². The number of anilines is 1. The number of nitrogens with zero attached hydrogens (tertiary/aromatic N) is 2. The number of para-hydroxylation sites is 1. The Morgan fingerprint density at radius 3 is 2.95 bits per heavy atom. The Hall–Kier alpha value is -2.73. The minimum absolute atomic E-state index is 0.0840. The summed E-state index contributed by atoms with van der Waals surface area (Å²) < 4.78 is 4.83. The van der Waals surface area contributed by atoms with Gasteiger partial charge in [-0.2, -0.15) is 0 Å². The smallest absolute Gasteiger partial charge is 0.294 e. The van der Waals surface area contributed by atoms with Crippen molar-refractivity contribution in [2.75, 3.05) is 5.32 Å². The highest BCUT2D eigenvalue weighted by Gasteiger charge is 2.13. The lowest BCUT2D eigenvalue weighted by Gasteiger charge is -2.10. The van der Waals surface area contributed by atoms with E-state index in [1.54, 1.807) is 12.1 Å². The number of rotatable bonds is 3. The van der Waals surface area contributed by atoms with Crippen LogP contribution in [-0.2, 0) is 6.61 Å². The zero-order chi connectivity index (χ0) is 14.8. The van der Waals surface area contributed by atoms with Crippen LogP contribution in [0.4, 0.5) is 5.69 Å². The molecule has 0 unspecified atom stereocenters. The summed E-state index contributed by atoms with van der Waals surface area (Å²) in [4.78, 5) is 16.5. The Bertz CT molecular complexity index is 797. The molecule has 6 heteroatoms. The molecule has 2 N–H and O–H groups in total. The van der Waals surface area contributed by atoms with E-state index in [0.29, 0.717) is 11.2 Å². The van der Waals surface area contributed by atoms with Crippen LogP contribution in [0.3, 0.4) is 0 Å². The van der Waals surface area contributed by atoms with Crippen LogP contribution in [0.5, 0.6) is 0 Å². The van der Waals surface area contributed by atoms with Crippen molar-refractivity contribution in [1.29, 1.82) is 0 Å². The molecular formula is C15H13N3O3. The van der Waals surface area contributed by atoms with Crippen molar-refractivity contribution in [3.63, 3.8) is 0 Å². The number of aryl methyl sites for hydroxylation is 1. The van der Waals surface area contributed by atoms with Crippen LogP contribution in [-0.4, -0.2) is 21.2 Å². The van der Waals surface area contributed by atoms with Gasteiger partial charge in [0.25, 0.3) is 5.91 Å². The maximum Gasteiger partial charge on any atom is 0.294 e. The number of carbonyl (C=O) groups is 1. The fourth-order valence-corrected chi connectivity index (χ4v) is 2.21. The van der Waals surface area contributed by atoms with Crippen molar-refractivity contribution in [2.24, 2.45) is 0 Å². The number of hydrogen-bond acceptors (Lipinski definition) is 5. The van der Waals surface area contributed by atoms with Gasteiger partial charge in [0.05, 0.1) is 24.0 Å². The van der Waals surface area contributed by atoms with Gasteiger partial charge in [-0.25, -0.2) is 0 Å². The van der Waals surface area contributed by atoms with E-state index in [1.807, 2.05) is 19.1 Å². The highest BCUT2D eigenvalue weighted by molar-refractivity contribution is 6.07. The van der Waals surface area contributed by atoms with E-state index in [1.165, 1.54) is 12.3 Å². The molecule has 0 radical (unpaired) electrons. The van der Waals surface area contributed by atoms with Crippen LogP contribution in [0.1, 0.15) is 21.8 Å². The summed E-state index contributed by atoms with van der Waals surface area (Å²) in [5, 5.41) is 16.5. The number of pyridine rings is 1. The minimum Gasteiger partial charge on any atom is -0.392 e. The van der Waals surface area contributed by atoms with Crippen LogP contribution in [0.25, 0.3) is 10.9 Å². The number of carbonyl (C=O) groups excluding carboxylic acids is 1. The van der Waals surface area contributed by atoms with E-state index in [4.69, 9.17) is 4.52 Å². The first kappa shape index (κ1) is 13.3. The summed E-state index contributed by atoms with van der Waals surface area (Å²) >= 11 is 0. The van der Waals surface area contributed by atoms with Crippen LogP contribution in [0, 0.1) is 6.92 Å². The molecule has 106 valence electrons. The van der Waals surface area contributed by atoms with Gasteiger partial charge < -0.3 is 14.9 Å². The number of nitrogens with one attached hydrogen (secondary N) is 1. The quantitative estimate of drug-likeness (QED) is 0.769. The molecule has 1 aromatic carbocycles. The summed E-state index contributed by atoms with van der Waals surface area (Å²) in [6.07, 6.45) is 1.41. The zero-order valence-corrected chi connectivity index (χ0v) is 11.3. The van der Waals surface area contributed by atoms with Gasteiger partial charge >= 0.3 is 0 Å². The molecule has 0 saturated heterocycles. The van der Waals surface area contributed by atoms with Crippen molar-refractivity contribution < 1.29 is 14.4 Å². The molecule has 2 aromatic heterocycles. The van der Waals surface area contributed by atoms with Gasteiger partial charge in [0.15, 0.2) is 0 Å². The monoisotopic (exact) mass is 283 g/mol. The van der Waals surface area contributed by atoms with Crippen LogP contribution < -0.4 is 5.32 Å². The molecule has 0 saturated carbocycles. The molecule has 0 fully saturated rings. The maximum atomic E-state index is 12.0. The molecule has 0 aliphatic heterocycles. The van der Waals surface area contributed by atoms with Gasteiger partial charge in [-0.15, -0.1) is 0 Å². The van der Waals surface area contributed by atoms with Crippen molar-refractivity contribution in [2.45, 2.75) is 13.5 Å². The third kappa shape index (κ3) is 2.48. The number of benzene rings is 1. The summed E-state index contributed by atoms with van der Waals surface area (Å²) in [5.74, 6) is -0.268. The first-order valence-corrected chi connectivity index (χ1v) is 6.41. The summed E-state index contributed by atoms with van der Waals surface area (Å²) in [6, 6.07) is 8.72. The van der Waals surface area contributed by atoms with E-state index in [2.05, 4.69) is 15.5 Å². The molecule has 0 spiro atoms. The average molecular weight is 283 g/mol. The first-order valence-electron chi connectivity index (χ1n) is 6.41. The van der Waals surface area contributed by atoms with Gasteiger partial charge in [-0.1, -0.05) is 17.3 Å². The first-order chi connectivity index (χ1) is 10.2. The predicted molar refractivity (Wildman–Crippen MR) is 76.9 cm³/mol. The highest BCUT2D eigenvalue weighted by atomic mass is 16.5. The van der Waals surface area contributed by atoms with Crippen LogP contribution in [0.15, 0.2) is 41.1 Å². The molecule has 0 atom stereocenters. The summed E-state index contributed by atoms with van der Waals surface area (Å²) in [5.41, 5.74) is 2.74. The SMILES string of the molecule is Cc1cc(CO)c2cccc(NC(=O)c3ccno3)c2n1. The third-order valence-corrected chi connectivity index (χ3v) is 3.13. The average Bonchev–Trinajstić information content (AvgIpc) is 3.01. The number of aliphatic hydroxyl groups excluding tert-OH is 1. The van der Waals surface area contributed by atoms with E-state index in [-0.39, 0.29) is 12.4 Å². The van der Waals surface area contributed by atoms with Gasteiger partial charge in [0, 0.05) is 17.1 Å². The largest absolute Gasteiger partial charge is 0.392 e. The number of fused-ring (bicyclic) bond motifs is 1. The Morgan fingerprint density at radius 1 is 1.38 bits per heavy atom. The van der Waals surface area contributed by atoms with Crippen molar-refractivity contribution in [3.8, 4) is 0 Å². The molecular weight excluding hydrogens is 270 g/mol. The topological polar surface area (TPSA) is 88.2 Å². The molecule has 3 aromatic rings. The fourth-order valence-electron chi connectivity index (χ4n) is 2.21. The number of amides is 1. The summed E-state index contributed by atoms with van der Waals surface area (Å²) in [6.45, 7) is 1.76. The Labute approximate surface area is 120 Å². The van der Waals surface area contributed by atoms with Crippen LogP contribution >= 0.6 is 0 Å².